The highest BCUT2D eigenvalue weighted by Gasteiger charge is 2.41. The molecule has 0 fully saturated rings. The number of benzene rings is 3. The summed E-state index contributed by atoms with van der Waals surface area (Å²) >= 11 is 0. The zero-order valence-corrected chi connectivity index (χ0v) is 25.1. The molecule has 1 aliphatic rings. The number of ether oxygens (including phenoxy) is 1. The Hall–Kier alpha value is -3.44. The highest BCUT2D eigenvalue weighted by molar-refractivity contribution is 8.22. The SMILES string of the molecule is CC[C@@H]1CN(Cc2cc([C@H](c3ccc4c(nnn4C)c3C)C(C)(C)C(=O)O)ccc2C)S(O)(O)c2ccccc2O1. The van der Waals surface area contributed by atoms with Gasteiger partial charge in [0.05, 0.1) is 17.5 Å². The molecule has 5 rings (SSSR count). The van der Waals surface area contributed by atoms with Crippen molar-refractivity contribution in [3.05, 3.63) is 82.4 Å². The third-order valence-electron chi connectivity index (χ3n) is 8.38. The Morgan fingerprint density at radius 1 is 1.15 bits per heavy atom. The van der Waals surface area contributed by atoms with E-state index in [1.165, 1.54) is 0 Å². The third kappa shape index (κ3) is 5.10. The topological polar surface area (TPSA) is 121 Å². The van der Waals surface area contributed by atoms with Gasteiger partial charge in [0.25, 0.3) is 0 Å². The van der Waals surface area contributed by atoms with Crippen LogP contribution in [0.5, 0.6) is 5.75 Å². The standard InChI is InChI=1S/C31H38N4O5S/c1-7-23-18-35(41(38,39)27-11-9-8-10-26(27)40-23)17-22-16-21(13-12-19(22)2)28(31(4,5)30(36)37)24-14-15-25-29(20(24)3)32-33-34(25)6/h8-16,23,28,38-39H,7,17-18H2,1-6H3,(H,36,37)/t23-,28-/m1/s1. The van der Waals surface area contributed by atoms with Crippen LogP contribution in [0.2, 0.25) is 0 Å². The molecule has 0 unspecified atom stereocenters. The van der Waals surface area contributed by atoms with Gasteiger partial charge in [0.15, 0.2) is 0 Å². The number of rotatable bonds is 7. The zero-order valence-electron chi connectivity index (χ0n) is 24.3. The van der Waals surface area contributed by atoms with Crippen LogP contribution in [0.25, 0.3) is 11.0 Å². The minimum Gasteiger partial charge on any atom is -0.487 e. The van der Waals surface area contributed by atoms with E-state index in [-0.39, 0.29) is 12.6 Å². The number of fused-ring (bicyclic) bond motifs is 2. The maximum Gasteiger partial charge on any atom is 0.310 e. The Morgan fingerprint density at radius 3 is 2.59 bits per heavy atom. The molecule has 0 saturated carbocycles. The molecular weight excluding hydrogens is 540 g/mol. The Balaban J connectivity index is 1.61. The van der Waals surface area contributed by atoms with Crippen molar-refractivity contribution >= 4 is 27.8 Å². The van der Waals surface area contributed by atoms with Crippen molar-refractivity contribution in [1.29, 1.82) is 0 Å². The van der Waals surface area contributed by atoms with Gasteiger partial charge in [-0.2, -0.15) is 4.31 Å². The molecule has 10 heteroatoms. The predicted octanol–water partition coefficient (Wildman–Crippen LogP) is 6.53. The van der Waals surface area contributed by atoms with E-state index in [2.05, 4.69) is 10.3 Å². The van der Waals surface area contributed by atoms with Gasteiger partial charge in [-0.15, -0.1) is 15.9 Å². The first-order valence-corrected chi connectivity index (χ1v) is 15.3. The molecule has 3 N–H and O–H groups in total. The molecule has 2 atom stereocenters. The molecule has 0 radical (unpaired) electrons. The van der Waals surface area contributed by atoms with Crippen molar-refractivity contribution in [1.82, 2.24) is 19.3 Å². The van der Waals surface area contributed by atoms with Crippen molar-refractivity contribution in [3.63, 3.8) is 0 Å². The first-order chi connectivity index (χ1) is 19.4. The monoisotopic (exact) mass is 578 g/mol. The fourth-order valence-electron chi connectivity index (χ4n) is 5.73. The van der Waals surface area contributed by atoms with Crippen molar-refractivity contribution in [2.45, 2.75) is 64.5 Å². The molecule has 2 heterocycles. The fourth-order valence-corrected chi connectivity index (χ4v) is 7.35. The van der Waals surface area contributed by atoms with E-state index >= 15 is 0 Å². The summed E-state index contributed by atoms with van der Waals surface area (Å²) in [5.74, 6) is -0.919. The quantitative estimate of drug-likeness (QED) is 0.226. The number of carbonyl (C=O) groups is 1. The lowest BCUT2D eigenvalue weighted by Crippen LogP contribution is -2.35. The van der Waals surface area contributed by atoms with E-state index < -0.39 is 28.1 Å². The average Bonchev–Trinajstić information content (AvgIpc) is 3.27. The van der Waals surface area contributed by atoms with Gasteiger partial charge in [-0.25, -0.2) is 4.68 Å². The summed E-state index contributed by atoms with van der Waals surface area (Å²) in [4.78, 5) is 13.0. The fraction of sp³-hybridized carbons (Fsp3) is 0.387. The Labute approximate surface area is 242 Å². The van der Waals surface area contributed by atoms with Gasteiger partial charge in [0.1, 0.15) is 22.3 Å². The number of aromatic nitrogens is 3. The van der Waals surface area contributed by atoms with E-state index in [0.29, 0.717) is 23.6 Å². The molecule has 0 spiro atoms. The molecule has 0 aliphatic carbocycles. The summed E-state index contributed by atoms with van der Waals surface area (Å²) in [6.07, 6.45) is 0.492. The number of hydrogen-bond acceptors (Lipinski definition) is 7. The number of nitrogens with zero attached hydrogens (tertiary/aromatic N) is 4. The summed E-state index contributed by atoms with van der Waals surface area (Å²) in [6.45, 7) is 10.0. The van der Waals surface area contributed by atoms with Gasteiger partial charge in [0, 0.05) is 19.5 Å². The van der Waals surface area contributed by atoms with E-state index in [1.807, 2.05) is 64.2 Å². The Bertz CT molecular complexity index is 1620. The first kappa shape index (κ1) is 29.1. The van der Waals surface area contributed by atoms with Crippen molar-refractivity contribution in [2.24, 2.45) is 12.5 Å². The van der Waals surface area contributed by atoms with Crippen molar-refractivity contribution < 1.29 is 23.7 Å². The minimum atomic E-state index is -3.34. The zero-order chi connectivity index (χ0) is 29.7. The summed E-state index contributed by atoms with van der Waals surface area (Å²) in [6, 6.07) is 17.0. The number of aryl methyl sites for hydroxylation is 3. The van der Waals surface area contributed by atoms with Crippen LogP contribution in [-0.2, 0) is 18.4 Å². The number of aliphatic carboxylic acids is 1. The van der Waals surface area contributed by atoms with Gasteiger partial charge >= 0.3 is 5.97 Å². The maximum atomic E-state index is 12.6. The van der Waals surface area contributed by atoms with Crippen LogP contribution < -0.4 is 4.74 Å². The van der Waals surface area contributed by atoms with Gasteiger partial charge in [-0.05, 0) is 80.1 Å². The second-order valence-corrected chi connectivity index (χ2v) is 13.4. The van der Waals surface area contributed by atoms with Gasteiger partial charge in [0.2, 0.25) is 0 Å². The predicted molar refractivity (Wildman–Crippen MR) is 160 cm³/mol. The summed E-state index contributed by atoms with van der Waals surface area (Å²) in [5.41, 5.74) is 4.92. The van der Waals surface area contributed by atoms with Crippen LogP contribution in [0.15, 0.2) is 59.5 Å². The molecule has 0 bridgehead atoms. The Kier molecular flexibility index (Phi) is 7.63. The second kappa shape index (κ2) is 10.8. The smallest absolute Gasteiger partial charge is 0.310 e. The average molecular weight is 579 g/mol. The van der Waals surface area contributed by atoms with Gasteiger partial charge in [-0.1, -0.05) is 48.5 Å². The third-order valence-corrected chi connectivity index (χ3v) is 10.3. The summed E-state index contributed by atoms with van der Waals surface area (Å²) in [5, 5.41) is 18.9. The van der Waals surface area contributed by atoms with E-state index in [9.17, 15) is 19.0 Å². The summed E-state index contributed by atoms with van der Waals surface area (Å²) < 4.78 is 32.6. The molecular formula is C31H38N4O5S. The van der Waals surface area contributed by atoms with Crippen molar-refractivity contribution in [2.75, 3.05) is 6.54 Å². The maximum absolute atomic E-state index is 12.6. The van der Waals surface area contributed by atoms with Crippen LogP contribution in [-0.4, -0.2) is 52.1 Å². The molecule has 41 heavy (non-hydrogen) atoms. The molecule has 0 saturated heterocycles. The number of para-hydroxylation sites is 1. The normalized spacial score (nSPS) is 18.8. The molecule has 4 aromatic rings. The molecule has 218 valence electrons. The largest absolute Gasteiger partial charge is 0.487 e. The lowest BCUT2D eigenvalue weighted by atomic mass is 9.69. The minimum absolute atomic E-state index is 0.214. The van der Waals surface area contributed by atoms with Crippen molar-refractivity contribution in [3.8, 4) is 5.75 Å². The van der Waals surface area contributed by atoms with E-state index in [1.54, 1.807) is 41.0 Å². The van der Waals surface area contributed by atoms with Crippen LogP contribution in [0, 0.1) is 19.3 Å². The number of carboxylic acid groups (broad SMARTS) is 1. The van der Waals surface area contributed by atoms with Crippen LogP contribution in [0.4, 0.5) is 0 Å². The van der Waals surface area contributed by atoms with Gasteiger partial charge in [-0.3, -0.25) is 13.9 Å². The van der Waals surface area contributed by atoms with Gasteiger partial charge < -0.3 is 9.84 Å². The van der Waals surface area contributed by atoms with Crippen LogP contribution in [0.1, 0.15) is 60.9 Å². The second-order valence-electron chi connectivity index (χ2n) is 11.4. The highest BCUT2D eigenvalue weighted by atomic mass is 32.3. The summed E-state index contributed by atoms with van der Waals surface area (Å²) in [7, 11) is -1.50. The molecule has 0 amide bonds. The lowest BCUT2D eigenvalue weighted by molar-refractivity contribution is -0.147. The molecule has 3 aromatic carbocycles. The first-order valence-electron chi connectivity index (χ1n) is 13.8. The lowest BCUT2D eigenvalue weighted by Gasteiger charge is -2.42. The molecule has 1 aromatic heterocycles. The van der Waals surface area contributed by atoms with E-state index in [0.717, 1.165) is 38.9 Å². The molecule has 9 nitrogen and oxygen atoms in total. The number of carboxylic acids is 1. The van der Waals surface area contributed by atoms with Crippen LogP contribution >= 0.6 is 10.8 Å². The molecule has 1 aliphatic heterocycles. The van der Waals surface area contributed by atoms with Crippen LogP contribution in [0.3, 0.4) is 0 Å². The Morgan fingerprint density at radius 2 is 1.88 bits per heavy atom. The van der Waals surface area contributed by atoms with E-state index in [4.69, 9.17) is 4.74 Å². The highest BCUT2D eigenvalue weighted by Crippen LogP contribution is 2.57. The number of hydrogen-bond donors (Lipinski definition) is 3.